The summed E-state index contributed by atoms with van der Waals surface area (Å²) in [5.74, 6) is 0.962. The Kier molecular flexibility index (Phi) is 4.34. The van der Waals surface area contributed by atoms with Gasteiger partial charge in [-0.1, -0.05) is 19.4 Å². The number of nitrogens with zero attached hydrogens (tertiary/aromatic N) is 1. The molecule has 2 heteroatoms. The number of rotatable bonds is 7. The summed E-state index contributed by atoms with van der Waals surface area (Å²) in [5, 5.41) is 3.69. The molecule has 1 aromatic rings. The SMILES string of the molecule is CCCC(NCCc1ccccn1)C1CC1. The monoisotopic (exact) mass is 218 g/mol. The van der Waals surface area contributed by atoms with Gasteiger partial charge < -0.3 is 5.32 Å². The molecular weight excluding hydrogens is 196 g/mol. The van der Waals surface area contributed by atoms with Gasteiger partial charge in [0.15, 0.2) is 0 Å². The fraction of sp³-hybridized carbons (Fsp3) is 0.643. The zero-order valence-corrected chi connectivity index (χ0v) is 10.2. The summed E-state index contributed by atoms with van der Waals surface area (Å²) in [4.78, 5) is 4.34. The zero-order chi connectivity index (χ0) is 11.2. The molecule has 0 amide bonds. The van der Waals surface area contributed by atoms with Crippen LogP contribution in [0.2, 0.25) is 0 Å². The second-order valence-electron chi connectivity index (χ2n) is 4.76. The second-order valence-corrected chi connectivity index (χ2v) is 4.76. The van der Waals surface area contributed by atoms with Crippen molar-refractivity contribution in [3.63, 3.8) is 0 Å². The first-order valence-corrected chi connectivity index (χ1v) is 6.53. The number of hydrogen-bond acceptors (Lipinski definition) is 2. The van der Waals surface area contributed by atoms with E-state index in [1.807, 2.05) is 12.3 Å². The number of aromatic nitrogens is 1. The van der Waals surface area contributed by atoms with Gasteiger partial charge >= 0.3 is 0 Å². The van der Waals surface area contributed by atoms with E-state index in [-0.39, 0.29) is 0 Å². The zero-order valence-electron chi connectivity index (χ0n) is 10.2. The quantitative estimate of drug-likeness (QED) is 0.761. The Morgan fingerprint density at radius 2 is 2.31 bits per heavy atom. The molecule has 2 nitrogen and oxygen atoms in total. The first-order chi connectivity index (χ1) is 7.90. The Hall–Kier alpha value is -0.890. The van der Waals surface area contributed by atoms with Gasteiger partial charge in [-0.05, 0) is 37.3 Å². The number of pyridine rings is 1. The lowest BCUT2D eigenvalue weighted by Crippen LogP contribution is -2.32. The third kappa shape index (κ3) is 3.60. The van der Waals surface area contributed by atoms with E-state index in [1.165, 1.54) is 31.4 Å². The van der Waals surface area contributed by atoms with Crippen LogP contribution in [0.15, 0.2) is 24.4 Å². The van der Waals surface area contributed by atoms with Crippen molar-refractivity contribution in [2.24, 2.45) is 5.92 Å². The fourth-order valence-electron chi connectivity index (χ4n) is 2.25. The van der Waals surface area contributed by atoms with E-state index < -0.39 is 0 Å². The van der Waals surface area contributed by atoms with Crippen LogP contribution in [0.3, 0.4) is 0 Å². The molecule has 1 saturated carbocycles. The molecule has 88 valence electrons. The third-order valence-corrected chi connectivity index (χ3v) is 3.30. The van der Waals surface area contributed by atoms with Crippen LogP contribution in [-0.4, -0.2) is 17.6 Å². The number of hydrogen-bond donors (Lipinski definition) is 1. The van der Waals surface area contributed by atoms with Crippen molar-refractivity contribution >= 4 is 0 Å². The van der Waals surface area contributed by atoms with Crippen molar-refractivity contribution in [1.82, 2.24) is 10.3 Å². The van der Waals surface area contributed by atoms with Gasteiger partial charge in [0, 0.05) is 30.9 Å². The Labute approximate surface area is 98.5 Å². The Morgan fingerprint density at radius 1 is 1.44 bits per heavy atom. The molecule has 1 N–H and O–H groups in total. The third-order valence-electron chi connectivity index (χ3n) is 3.30. The van der Waals surface area contributed by atoms with Crippen LogP contribution in [0, 0.1) is 5.92 Å². The van der Waals surface area contributed by atoms with Gasteiger partial charge in [0.2, 0.25) is 0 Å². The molecule has 0 saturated heterocycles. The highest BCUT2D eigenvalue weighted by Gasteiger charge is 2.29. The molecular formula is C14H22N2. The molecule has 0 bridgehead atoms. The van der Waals surface area contributed by atoms with Gasteiger partial charge in [-0.25, -0.2) is 0 Å². The van der Waals surface area contributed by atoms with Crippen molar-refractivity contribution in [3.05, 3.63) is 30.1 Å². The van der Waals surface area contributed by atoms with Gasteiger partial charge in [-0.3, -0.25) is 4.98 Å². The van der Waals surface area contributed by atoms with Crippen molar-refractivity contribution in [3.8, 4) is 0 Å². The normalized spacial score (nSPS) is 17.3. The summed E-state index contributed by atoms with van der Waals surface area (Å²) in [5.41, 5.74) is 1.20. The maximum absolute atomic E-state index is 4.34. The van der Waals surface area contributed by atoms with Crippen molar-refractivity contribution < 1.29 is 0 Å². The molecule has 1 unspecified atom stereocenters. The Bertz CT molecular complexity index is 293. The fourth-order valence-corrected chi connectivity index (χ4v) is 2.25. The van der Waals surface area contributed by atoms with Gasteiger partial charge in [0.05, 0.1) is 0 Å². The molecule has 1 aromatic heterocycles. The van der Waals surface area contributed by atoms with Crippen LogP contribution in [0.1, 0.15) is 38.3 Å². The van der Waals surface area contributed by atoms with Crippen LogP contribution in [0.25, 0.3) is 0 Å². The predicted molar refractivity (Wildman–Crippen MR) is 67.4 cm³/mol. The van der Waals surface area contributed by atoms with E-state index in [4.69, 9.17) is 0 Å². The van der Waals surface area contributed by atoms with E-state index in [0.29, 0.717) is 0 Å². The van der Waals surface area contributed by atoms with Crippen LogP contribution in [0.5, 0.6) is 0 Å². The molecule has 16 heavy (non-hydrogen) atoms. The lowest BCUT2D eigenvalue weighted by atomic mass is 10.1. The van der Waals surface area contributed by atoms with E-state index in [1.54, 1.807) is 0 Å². The van der Waals surface area contributed by atoms with E-state index in [2.05, 4.69) is 29.4 Å². The highest BCUT2D eigenvalue weighted by Crippen LogP contribution is 2.34. The summed E-state index contributed by atoms with van der Waals surface area (Å²) in [6.45, 7) is 3.34. The molecule has 1 atom stereocenters. The number of nitrogens with one attached hydrogen (secondary N) is 1. The molecule has 0 aliphatic heterocycles. The van der Waals surface area contributed by atoms with Crippen LogP contribution in [-0.2, 0) is 6.42 Å². The molecule has 1 heterocycles. The summed E-state index contributed by atoms with van der Waals surface area (Å²) in [6, 6.07) is 6.90. The van der Waals surface area contributed by atoms with Crippen molar-refractivity contribution in [2.75, 3.05) is 6.54 Å². The molecule has 0 aromatic carbocycles. The minimum atomic E-state index is 0.758. The summed E-state index contributed by atoms with van der Waals surface area (Å²) in [7, 11) is 0. The van der Waals surface area contributed by atoms with Crippen molar-refractivity contribution in [2.45, 2.75) is 45.1 Å². The van der Waals surface area contributed by atoms with Gasteiger partial charge in [0.1, 0.15) is 0 Å². The van der Waals surface area contributed by atoms with Crippen molar-refractivity contribution in [1.29, 1.82) is 0 Å². The minimum Gasteiger partial charge on any atom is -0.313 e. The largest absolute Gasteiger partial charge is 0.313 e. The lowest BCUT2D eigenvalue weighted by molar-refractivity contribution is 0.433. The average Bonchev–Trinajstić information content (AvgIpc) is 3.13. The average molecular weight is 218 g/mol. The first-order valence-electron chi connectivity index (χ1n) is 6.53. The molecule has 0 radical (unpaired) electrons. The van der Waals surface area contributed by atoms with E-state index in [0.717, 1.165) is 24.9 Å². The van der Waals surface area contributed by atoms with Crippen LogP contribution >= 0.6 is 0 Å². The van der Waals surface area contributed by atoms with Gasteiger partial charge in [-0.15, -0.1) is 0 Å². The Balaban J connectivity index is 1.70. The maximum Gasteiger partial charge on any atom is 0.0416 e. The Morgan fingerprint density at radius 3 is 2.94 bits per heavy atom. The summed E-state index contributed by atoms with van der Waals surface area (Å²) >= 11 is 0. The lowest BCUT2D eigenvalue weighted by Gasteiger charge is -2.17. The molecule has 0 spiro atoms. The highest BCUT2D eigenvalue weighted by molar-refractivity contribution is 5.03. The van der Waals surface area contributed by atoms with Gasteiger partial charge in [0.25, 0.3) is 0 Å². The predicted octanol–water partition coefficient (Wildman–Crippen LogP) is 2.79. The standard InChI is InChI=1S/C14H22N2/c1-2-5-14(12-7-8-12)16-11-9-13-6-3-4-10-15-13/h3-4,6,10,12,14,16H,2,5,7-9,11H2,1H3. The molecule has 2 rings (SSSR count). The molecule has 1 fully saturated rings. The topological polar surface area (TPSA) is 24.9 Å². The summed E-state index contributed by atoms with van der Waals surface area (Å²) in [6.07, 6.45) is 8.40. The first kappa shape index (κ1) is 11.6. The maximum atomic E-state index is 4.34. The highest BCUT2D eigenvalue weighted by atomic mass is 14.9. The van der Waals surface area contributed by atoms with E-state index in [9.17, 15) is 0 Å². The van der Waals surface area contributed by atoms with Gasteiger partial charge in [-0.2, -0.15) is 0 Å². The smallest absolute Gasteiger partial charge is 0.0416 e. The molecule has 1 aliphatic rings. The second kappa shape index (κ2) is 6.00. The van der Waals surface area contributed by atoms with Crippen LogP contribution < -0.4 is 5.32 Å². The van der Waals surface area contributed by atoms with E-state index >= 15 is 0 Å². The molecule has 1 aliphatic carbocycles. The summed E-state index contributed by atoms with van der Waals surface area (Å²) < 4.78 is 0. The minimum absolute atomic E-state index is 0.758. The van der Waals surface area contributed by atoms with Crippen LogP contribution in [0.4, 0.5) is 0 Å².